The Hall–Kier alpha value is -1.03. The lowest BCUT2D eigenvalue weighted by atomic mass is 10.1. The van der Waals surface area contributed by atoms with Gasteiger partial charge in [-0.3, -0.25) is 0 Å². The molecule has 3 N–H and O–H groups in total. The lowest BCUT2D eigenvalue weighted by molar-refractivity contribution is 0.630. The Labute approximate surface area is 82.5 Å². The van der Waals surface area contributed by atoms with E-state index in [1.54, 1.807) is 0 Å². The normalized spacial score (nSPS) is 11.4. The Morgan fingerprint density at radius 3 is 2.62 bits per heavy atom. The highest BCUT2D eigenvalue weighted by molar-refractivity contribution is 6.28. The monoisotopic (exact) mass is 200 g/mol. The summed E-state index contributed by atoms with van der Waals surface area (Å²) in [6.45, 7) is 6.05. The van der Waals surface area contributed by atoms with E-state index in [0.717, 1.165) is 0 Å². The zero-order valence-electron chi connectivity index (χ0n) is 7.93. The van der Waals surface area contributed by atoms with Crippen LogP contribution >= 0.6 is 11.6 Å². The summed E-state index contributed by atoms with van der Waals surface area (Å²) < 4.78 is 0. The molecule has 0 saturated heterocycles. The second-order valence-electron chi connectivity index (χ2n) is 3.82. The molecule has 5 heteroatoms. The molecule has 0 aliphatic rings. The molecule has 1 heterocycles. The summed E-state index contributed by atoms with van der Waals surface area (Å²) in [4.78, 5) is 7.73. The van der Waals surface area contributed by atoms with Gasteiger partial charge in [-0.25, -0.2) is 4.98 Å². The van der Waals surface area contributed by atoms with Crippen molar-refractivity contribution in [3.8, 4) is 0 Å². The van der Waals surface area contributed by atoms with E-state index in [1.165, 1.54) is 6.20 Å². The van der Waals surface area contributed by atoms with Crippen molar-refractivity contribution in [3.63, 3.8) is 0 Å². The molecular weight excluding hydrogens is 188 g/mol. The minimum absolute atomic E-state index is 0.0915. The number of halogens is 1. The molecule has 4 nitrogen and oxygen atoms in total. The third-order valence-corrected chi connectivity index (χ3v) is 1.46. The van der Waals surface area contributed by atoms with Gasteiger partial charge in [0.25, 0.3) is 0 Å². The molecule has 1 aromatic rings. The predicted molar refractivity (Wildman–Crippen MR) is 54.8 cm³/mol. The smallest absolute Gasteiger partial charge is 0.224 e. The van der Waals surface area contributed by atoms with Crippen LogP contribution in [-0.2, 0) is 0 Å². The van der Waals surface area contributed by atoms with Crippen LogP contribution in [-0.4, -0.2) is 15.5 Å². The van der Waals surface area contributed by atoms with E-state index in [0.29, 0.717) is 11.5 Å². The Kier molecular flexibility index (Phi) is 2.61. The van der Waals surface area contributed by atoms with Gasteiger partial charge in [0.1, 0.15) is 0 Å². The molecular formula is C8H13ClN4. The van der Waals surface area contributed by atoms with Crippen LogP contribution in [0.3, 0.4) is 0 Å². The van der Waals surface area contributed by atoms with Gasteiger partial charge in [0.15, 0.2) is 5.82 Å². The summed E-state index contributed by atoms with van der Waals surface area (Å²) in [6.07, 6.45) is 1.49. The first-order valence-corrected chi connectivity index (χ1v) is 4.32. The molecule has 0 bridgehead atoms. The second-order valence-corrected chi connectivity index (χ2v) is 4.16. The molecule has 1 aromatic heterocycles. The molecule has 0 radical (unpaired) electrons. The van der Waals surface area contributed by atoms with Gasteiger partial charge in [0.05, 0.1) is 11.9 Å². The van der Waals surface area contributed by atoms with Gasteiger partial charge >= 0.3 is 0 Å². The summed E-state index contributed by atoms with van der Waals surface area (Å²) in [5, 5.41) is 3.32. The van der Waals surface area contributed by atoms with Crippen molar-refractivity contribution in [3.05, 3.63) is 11.5 Å². The third-order valence-electron chi connectivity index (χ3n) is 1.28. The van der Waals surface area contributed by atoms with Gasteiger partial charge in [-0.15, -0.1) is 0 Å². The predicted octanol–water partition coefficient (Wildman–Crippen LogP) is 1.92. The SMILES string of the molecule is CC(C)(C)Nc1nc(Cl)ncc1N. The highest BCUT2D eigenvalue weighted by Gasteiger charge is 2.12. The number of nitrogens with zero attached hydrogens (tertiary/aromatic N) is 2. The highest BCUT2D eigenvalue weighted by atomic mass is 35.5. The summed E-state index contributed by atoms with van der Waals surface area (Å²) in [7, 11) is 0. The largest absolute Gasteiger partial charge is 0.394 e. The van der Waals surface area contributed by atoms with Crippen molar-refractivity contribution in [1.82, 2.24) is 9.97 Å². The maximum atomic E-state index is 5.65. The maximum absolute atomic E-state index is 5.65. The van der Waals surface area contributed by atoms with Crippen LogP contribution in [0.1, 0.15) is 20.8 Å². The number of anilines is 2. The van der Waals surface area contributed by atoms with E-state index in [4.69, 9.17) is 17.3 Å². The van der Waals surface area contributed by atoms with E-state index >= 15 is 0 Å². The minimum atomic E-state index is -0.0915. The van der Waals surface area contributed by atoms with Crippen molar-refractivity contribution in [2.24, 2.45) is 0 Å². The molecule has 0 atom stereocenters. The summed E-state index contributed by atoms with van der Waals surface area (Å²) in [5.41, 5.74) is 6.06. The van der Waals surface area contributed by atoms with Crippen molar-refractivity contribution >= 4 is 23.1 Å². The zero-order valence-corrected chi connectivity index (χ0v) is 8.68. The van der Waals surface area contributed by atoms with E-state index in [-0.39, 0.29) is 10.8 Å². The quantitative estimate of drug-likeness (QED) is 0.680. The summed E-state index contributed by atoms with van der Waals surface area (Å²) in [6, 6.07) is 0. The Balaban J connectivity index is 2.94. The van der Waals surface area contributed by atoms with Gasteiger partial charge < -0.3 is 11.1 Å². The molecule has 0 unspecified atom stereocenters. The highest BCUT2D eigenvalue weighted by Crippen LogP contribution is 2.19. The fraction of sp³-hybridized carbons (Fsp3) is 0.500. The van der Waals surface area contributed by atoms with Gasteiger partial charge in [0, 0.05) is 5.54 Å². The number of hydrogen-bond acceptors (Lipinski definition) is 4. The van der Waals surface area contributed by atoms with Crippen molar-refractivity contribution in [2.45, 2.75) is 26.3 Å². The molecule has 0 fully saturated rings. The lowest BCUT2D eigenvalue weighted by Gasteiger charge is -2.21. The molecule has 0 amide bonds. The summed E-state index contributed by atoms with van der Waals surface area (Å²) in [5.74, 6) is 0.576. The van der Waals surface area contributed by atoms with Crippen LogP contribution in [0.2, 0.25) is 5.28 Å². The molecule has 0 aromatic carbocycles. The van der Waals surface area contributed by atoms with Gasteiger partial charge in [-0.05, 0) is 32.4 Å². The van der Waals surface area contributed by atoms with E-state index in [9.17, 15) is 0 Å². The van der Waals surface area contributed by atoms with Crippen molar-refractivity contribution in [2.75, 3.05) is 11.1 Å². The Morgan fingerprint density at radius 1 is 1.46 bits per heavy atom. The Morgan fingerprint density at radius 2 is 2.08 bits per heavy atom. The van der Waals surface area contributed by atoms with Crippen LogP contribution in [0.15, 0.2) is 6.20 Å². The van der Waals surface area contributed by atoms with Crippen molar-refractivity contribution in [1.29, 1.82) is 0 Å². The number of rotatable bonds is 1. The number of nitrogens with one attached hydrogen (secondary N) is 1. The van der Waals surface area contributed by atoms with Crippen molar-refractivity contribution < 1.29 is 0 Å². The topological polar surface area (TPSA) is 63.8 Å². The molecule has 1 rings (SSSR count). The molecule has 0 saturated carbocycles. The standard InChI is InChI=1S/C8H13ClN4/c1-8(2,3)13-6-5(10)4-11-7(9)12-6/h4H,10H2,1-3H3,(H,11,12,13). The number of aromatic nitrogens is 2. The number of nitrogens with two attached hydrogens (primary N) is 1. The molecule has 0 aliphatic heterocycles. The molecule has 0 aliphatic carbocycles. The fourth-order valence-electron chi connectivity index (χ4n) is 0.825. The average molecular weight is 201 g/mol. The van der Waals surface area contributed by atoms with E-state index in [2.05, 4.69) is 15.3 Å². The molecule has 72 valence electrons. The summed E-state index contributed by atoms with van der Waals surface area (Å²) >= 11 is 5.63. The first-order valence-electron chi connectivity index (χ1n) is 3.95. The lowest BCUT2D eigenvalue weighted by Crippen LogP contribution is -2.27. The first-order chi connectivity index (χ1) is 5.88. The van der Waals surface area contributed by atoms with Gasteiger partial charge in [-0.1, -0.05) is 0 Å². The van der Waals surface area contributed by atoms with Crippen LogP contribution in [0, 0.1) is 0 Å². The van der Waals surface area contributed by atoms with Gasteiger partial charge in [-0.2, -0.15) is 4.98 Å². The maximum Gasteiger partial charge on any atom is 0.224 e. The van der Waals surface area contributed by atoms with Gasteiger partial charge in [0.2, 0.25) is 5.28 Å². The van der Waals surface area contributed by atoms with E-state index in [1.807, 2.05) is 20.8 Å². The number of hydrogen-bond donors (Lipinski definition) is 2. The number of nitrogen functional groups attached to an aromatic ring is 1. The van der Waals surface area contributed by atoms with Crippen LogP contribution in [0.4, 0.5) is 11.5 Å². The Bertz CT molecular complexity index is 306. The second kappa shape index (κ2) is 3.38. The van der Waals surface area contributed by atoms with Crippen LogP contribution < -0.4 is 11.1 Å². The third kappa shape index (κ3) is 3.06. The van der Waals surface area contributed by atoms with Crippen LogP contribution in [0.5, 0.6) is 0 Å². The zero-order chi connectivity index (χ0) is 10.1. The minimum Gasteiger partial charge on any atom is -0.394 e. The first kappa shape index (κ1) is 10.1. The fourth-order valence-corrected chi connectivity index (χ4v) is 0.958. The molecule has 0 spiro atoms. The molecule has 13 heavy (non-hydrogen) atoms. The van der Waals surface area contributed by atoms with E-state index < -0.39 is 0 Å². The average Bonchev–Trinajstić information content (AvgIpc) is 1.94. The van der Waals surface area contributed by atoms with Crippen LogP contribution in [0.25, 0.3) is 0 Å².